The molecule has 0 radical (unpaired) electrons. The van der Waals surface area contributed by atoms with Crippen molar-refractivity contribution >= 4 is 22.7 Å². The van der Waals surface area contributed by atoms with Crippen LogP contribution in [0.3, 0.4) is 0 Å². The summed E-state index contributed by atoms with van der Waals surface area (Å²) in [6.45, 7) is 11.8. The van der Waals surface area contributed by atoms with Crippen LogP contribution in [0, 0.1) is 10.8 Å². The van der Waals surface area contributed by atoms with Gasteiger partial charge in [-0.15, -0.1) is 22.7 Å². The number of ether oxygens (including phenoxy) is 4. The molecule has 0 aromatic carbocycles. The topological polar surface area (TPSA) is 62.7 Å². The third kappa shape index (κ3) is 6.91. The summed E-state index contributed by atoms with van der Waals surface area (Å²) in [4.78, 5) is 11.6. The van der Waals surface area contributed by atoms with E-state index in [0.717, 1.165) is 70.6 Å². The lowest BCUT2D eigenvalue weighted by atomic mass is 9.79. The molecule has 0 aliphatic carbocycles. The molecule has 0 amide bonds. The number of rotatable bonds is 14. The van der Waals surface area contributed by atoms with E-state index in [1.54, 1.807) is 22.7 Å². The van der Waals surface area contributed by atoms with Crippen molar-refractivity contribution in [3.8, 4) is 44.1 Å². The first-order chi connectivity index (χ1) is 20.6. The number of hydrogen-bond donors (Lipinski definition) is 0. The van der Waals surface area contributed by atoms with Crippen LogP contribution >= 0.6 is 22.7 Å². The molecule has 0 saturated carbocycles. The minimum absolute atomic E-state index is 0.0639. The van der Waals surface area contributed by atoms with Crippen molar-refractivity contribution in [2.75, 3.05) is 26.4 Å². The molecule has 0 spiro atoms. The van der Waals surface area contributed by atoms with Crippen molar-refractivity contribution < 1.29 is 18.9 Å². The van der Waals surface area contributed by atoms with Crippen molar-refractivity contribution in [1.29, 1.82) is 0 Å². The van der Waals surface area contributed by atoms with Crippen molar-refractivity contribution in [1.82, 2.24) is 9.97 Å². The number of thiophene rings is 2. The van der Waals surface area contributed by atoms with E-state index in [9.17, 15) is 0 Å². The van der Waals surface area contributed by atoms with Crippen LogP contribution in [-0.4, -0.2) is 36.4 Å². The lowest BCUT2D eigenvalue weighted by Gasteiger charge is -2.31. The fourth-order valence-corrected chi connectivity index (χ4v) is 7.87. The molecule has 8 heteroatoms. The molecule has 0 saturated heterocycles. The van der Waals surface area contributed by atoms with Gasteiger partial charge >= 0.3 is 0 Å². The number of nitrogens with zero attached hydrogens (tertiary/aromatic N) is 2. The van der Waals surface area contributed by atoms with Gasteiger partial charge in [-0.05, 0) is 25.7 Å². The highest BCUT2D eigenvalue weighted by molar-refractivity contribution is 7.14. The Kier molecular flexibility index (Phi) is 10.7. The van der Waals surface area contributed by atoms with E-state index in [4.69, 9.17) is 28.9 Å². The van der Waals surface area contributed by atoms with Gasteiger partial charge in [-0.1, -0.05) is 79.1 Å². The van der Waals surface area contributed by atoms with Crippen LogP contribution in [0.2, 0.25) is 0 Å². The fraction of sp³-hybridized carbons (Fsp3) is 0.647. The Bertz CT molecular complexity index is 1160. The van der Waals surface area contributed by atoms with Gasteiger partial charge in [-0.3, -0.25) is 0 Å². The van der Waals surface area contributed by atoms with E-state index in [1.165, 1.54) is 51.4 Å². The second-order valence-electron chi connectivity index (χ2n) is 12.4. The largest absolute Gasteiger partial charge is 0.488 e. The summed E-state index contributed by atoms with van der Waals surface area (Å²) < 4.78 is 25.8. The molecule has 5 rings (SSSR count). The zero-order chi connectivity index (χ0) is 29.4. The lowest BCUT2D eigenvalue weighted by Crippen LogP contribution is -2.33. The standard InChI is InChI=1S/C34H48N2O4S2/c1-5-9-13-33(14-10-6-2)21-37-26-19-41-30(28(26)39-23-33)25-17-35-32(36-18-25)31-29-27(20-42-31)38-22-34(24-40-29,15-11-7-3)16-12-8-4/h17-20H,5-16,21-24H2,1-4H3. The van der Waals surface area contributed by atoms with Crippen molar-refractivity contribution in [3.05, 3.63) is 23.2 Å². The molecule has 3 aromatic heterocycles. The molecule has 2 aliphatic heterocycles. The predicted molar refractivity (Wildman–Crippen MR) is 174 cm³/mol. The quantitative estimate of drug-likeness (QED) is 0.180. The average Bonchev–Trinajstić information content (AvgIpc) is 3.52. The first kappa shape index (κ1) is 31.1. The smallest absolute Gasteiger partial charge is 0.183 e. The van der Waals surface area contributed by atoms with Gasteiger partial charge in [0.15, 0.2) is 28.8 Å². The highest BCUT2D eigenvalue weighted by atomic mass is 32.1. The molecule has 0 unspecified atom stereocenters. The van der Waals surface area contributed by atoms with Gasteiger partial charge in [-0.25, -0.2) is 9.97 Å². The summed E-state index contributed by atoms with van der Waals surface area (Å²) in [6, 6.07) is 0. The van der Waals surface area contributed by atoms with Crippen LogP contribution in [0.15, 0.2) is 23.2 Å². The van der Waals surface area contributed by atoms with Crippen LogP contribution in [0.1, 0.15) is 105 Å². The molecule has 42 heavy (non-hydrogen) atoms. The monoisotopic (exact) mass is 612 g/mol. The number of aromatic nitrogens is 2. The summed E-state index contributed by atoms with van der Waals surface area (Å²) in [5.74, 6) is 3.96. The van der Waals surface area contributed by atoms with E-state index in [2.05, 4.69) is 33.1 Å². The maximum atomic E-state index is 6.55. The van der Waals surface area contributed by atoms with E-state index < -0.39 is 0 Å². The molecular weight excluding hydrogens is 565 g/mol. The summed E-state index contributed by atoms with van der Waals surface area (Å²) in [5.41, 5.74) is 1.08. The van der Waals surface area contributed by atoms with Crippen molar-refractivity contribution in [2.24, 2.45) is 10.8 Å². The van der Waals surface area contributed by atoms with Gasteiger partial charge in [0.05, 0.1) is 31.3 Å². The minimum atomic E-state index is 0.0639. The fourth-order valence-electron chi connectivity index (χ4n) is 6.08. The third-order valence-corrected chi connectivity index (χ3v) is 10.8. The SMILES string of the molecule is CCCCC1(CCCC)COc2csc(-c3cnc(-c4scc5c4OCC(CCCC)(CCCC)CO5)nc3)c2OC1. The maximum absolute atomic E-state index is 6.55. The molecule has 2 aliphatic rings. The van der Waals surface area contributed by atoms with E-state index in [-0.39, 0.29) is 10.8 Å². The average molecular weight is 613 g/mol. The van der Waals surface area contributed by atoms with Gasteiger partial charge in [0, 0.05) is 39.5 Å². The summed E-state index contributed by atoms with van der Waals surface area (Å²) in [6.07, 6.45) is 17.9. The summed E-state index contributed by atoms with van der Waals surface area (Å²) >= 11 is 3.22. The minimum Gasteiger partial charge on any atom is -0.488 e. The van der Waals surface area contributed by atoms with E-state index in [0.29, 0.717) is 25.6 Å². The molecule has 0 bridgehead atoms. The molecular formula is C34H48N2O4S2. The normalized spacial score (nSPS) is 17.0. The Hall–Kier alpha value is -2.32. The zero-order valence-corrected chi connectivity index (χ0v) is 27.6. The molecule has 5 heterocycles. The highest BCUT2D eigenvalue weighted by Crippen LogP contribution is 2.50. The molecule has 3 aromatic rings. The maximum Gasteiger partial charge on any atom is 0.183 e. The molecule has 0 atom stereocenters. The zero-order valence-electron chi connectivity index (χ0n) is 26.0. The van der Waals surface area contributed by atoms with Crippen LogP contribution in [0.25, 0.3) is 21.1 Å². The van der Waals surface area contributed by atoms with Crippen molar-refractivity contribution in [3.63, 3.8) is 0 Å². The van der Waals surface area contributed by atoms with Gasteiger partial charge < -0.3 is 18.9 Å². The number of hydrogen-bond acceptors (Lipinski definition) is 8. The second kappa shape index (κ2) is 14.4. The van der Waals surface area contributed by atoms with Gasteiger partial charge in [0.25, 0.3) is 0 Å². The van der Waals surface area contributed by atoms with Crippen LogP contribution in [-0.2, 0) is 0 Å². The number of fused-ring (bicyclic) bond motifs is 2. The van der Waals surface area contributed by atoms with Gasteiger partial charge in [0.2, 0.25) is 0 Å². The second-order valence-corrected chi connectivity index (χ2v) is 14.1. The van der Waals surface area contributed by atoms with Gasteiger partial charge in [0.1, 0.15) is 4.88 Å². The Morgan fingerprint density at radius 1 is 0.595 bits per heavy atom. The Morgan fingerprint density at radius 2 is 1.00 bits per heavy atom. The third-order valence-electron chi connectivity index (χ3n) is 8.90. The number of unbranched alkanes of at least 4 members (excludes halogenated alkanes) is 4. The Morgan fingerprint density at radius 3 is 1.45 bits per heavy atom. The molecule has 0 fully saturated rings. The van der Waals surface area contributed by atoms with Crippen LogP contribution < -0.4 is 18.9 Å². The summed E-state index contributed by atoms with van der Waals surface area (Å²) in [7, 11) is 0. The summed E-state index contributed by atoms with van der Waals surface area (Å²) in [5, 5.41) is 4.12. The van der Waals surface area contributed by atoms with Gasteiger partial charge in [-0.2, -0.15) is 0 Å². The van der Waals surface area contributed by atoms with Crippen LogP contribution in [0.4, 0.5) is 0 Å². The van der Waals surface area contributed by atoms with Crippen LogP contribution in [0.5, 0.6) is 23.0 Å². The molecule has 230 valence electrons. The molecule has 6 nitrogen and oxygen atoms in total. The molecule has 0 N–H and O–H groups in total. The predicted octanol–water partition coefficient (Wildman–Crippen LogP) is 10.2. The first-order valence-corrected chi connectivity index (χ1v) is 17.9. The highest BCUT2D eigenvalue weighted by Gasteiger charge is 2.37. The first-order valence-electron chi connectivity index (χ1n) is 16.1. The Balaban J connectivity index is 1.32. The Labute approximate surface area is 260 Å². The van der Waals surface area contributed by atoms with E-state index in [1.807, 2.05) is 17.8 Å². The van der Waals surface area contributed by atoms with E-state index >= 15 is 0 Å². The lowest BCUT2D eigenvalue weighted by molar-refractivity contribution is 0.0795. The van der Waals surface area contributed by atoms with Crippen molar-refractivity contribution in [2.45, 2.75) is 105 Å².